The monoisotopic (exact) mass is 520 g/mol. The number of aromatic nitrogens is 5. The molecule has 38 heavy (non-hydrogen) atoms. The first kappa shape index (κ1) is 23.6. The smallest absolute Gasteiger partial charge is 0.407 e. The zero-order chi connectivity index (χ0) is 26.1. The Morgan fingerprint density at radius 1 is 0.947 bits per heavy atom. The summed E-state index contributed by atoms with van der Waals surface area (Å²) in [5.74, 6) is 0.815. The van der Waals surface area contributed by atoms with E-state index in [1.807, 2.05) is 48.1 Å². The fourth-order valence-corrected chi connectivity index (χ4v) is 4.99. The molecule has 9 heteroatoms. The zero-order valence-corrected chi connectivity index (χ0v) is 21.4. The first-order valence-electron chi connectivity index (χ1n) is 12.1. The van der Waals surface area contributed by atoms with Crippen LogP contribution in [-0.4, -0.2) is 53.8 Å². The summed E-state index contributed by atoms with van der Waals surface area (Å²) >= 11 is 1.55. The quantitative estimate of drug-likeness (QED) is 0.273. The molecule has 0 saturated heterocycles. The summed E-state index contributed by atoms with van der Waals surface area (Å²) in [5, 5.41) is 13.0. The van der Waals surface area contributed by atoms with Gasteiger partial charge in [0.2, 0.25) is 0 Å². The molecule has 0 atom stereocenters. The first-order chi connectivity index (χ1) is 18.6. The molecule has 6 aromatic rings. The molecule has 8 nitrogen and oxygen atoms in total. The van der Waals surface area contributed by atoms with Crippen LogP contribution in [-0.2, 0) is 6.42 Å². The van der Waals surface area contributed by atoms with Crippen LogP contribution in [0.4, 0.5) is 4.79 Å². The van der Waals surface area contributed by atoms with E-state index in [2.05, 4.69) is 55.5 Å². The number of likely N-dealkylation sites (N-methyl/N-ethyl adjacent to an activating group) is 1. The van der Waals surface area contributed by atoms with Crippen LogP contribution in [0.2, 0.25) is 0 Å². The molecular formula is C29H24N6O2S. The van der Waals surface area contributed by atoms with Crippen molar-refractivity contribution in [3.05, 3.63) is 102 Å². The van der Waals surface area contributed by atoms with Gasteiger partial charge >= 0.3 is 6.09 Å². The number of benzene rings is 2. The highest BCUT2D eigenvalue weighted by Gasteiger charge is 2.15. The third-order valence-electron chi connectivity index (χ3n) is 6.49. The van der Waals surface area contributed by atoms with E-state index in [0.717, 1.165) is 50.1 Å². The Labute approximate surface area is 223 Å². The van der Waals surface area contributed by atoms with Gasteiger partial charge in [-0.2, -0.15) is 0 Å². The normalized spacial score (nSPS) is 11.2. The Morgan fingerprint density at radius 2 is 1.71 bits per heavy atom. The molecule has 0 unspecified atom stereocenters. The number of hydrogen-bond donors (Lipinski definition) is 1. The number of hydrogen-bond acceptors (Lipinski definition) is 5. The molecule has 4 heterocycles. The van der Waals surface area contributed by atoms with Crippen molar-refractivity contribution in [1.82, 2.24) is 29.0 Å². The van der Waals surface area contributed by atoms with Gasteiger partial charge in [-0.3, -0.25) is 4.57 Å². The summed E-state index contributed by atoms with van der Waals surface area (Å²) < 4.78 is 4.15. The Kier molecular flexibility index (Phi) is 6.19. The third kappa shape index (κ3) is 4.55. The second kappa shape index (κ2) is 9.95. The molecule has 6 rings (SSSR count). The number of carboxylic acid groups (broad SMARTS) is 1. The predicted molar refractivity (Wildman–Crippen MR) is 149 cm³/mol. The molecule has 0 fully saturated rings. The highest BCUT2D eigenvalue weighted by atomic mass is 32.1. The maximum atomic E-state index is 11.1. The van der Waals surface area contributed by atoms with Crippen molar-refractivity contribution < 1.29 is 9.90 Å². The lowest BCUT2D eigenvalue weighted by atomic mass is 10.1. The largest absolute Gasteiger partial charge is 0.465 e. The van der Waals surface area contributed by atoms with E-state index in [1.54, 1.807) is 30.8 Å². The van der Waals surface area contributed by atoms with Gasteiger partial charge in [0.05, 0.1) is 0 Å². The van der Waals surface area contributed by atoms with Crippen LogP contribution < -0.4 is 0 Å². The summed E-state index contributed by atoms with van der Waals surface area (Å²) in [4.78, 5) is 26.3. The number of rotatable bonds is 7. The van der Waals surface area contributed by atoms with Crippen molar-refractivity contribution in [2.45, 2.75) is 6.42 Å². The first-order valence-corrected chi connectivity index (χ1v) is 13.0. The lowest BCUT2D eigenvalue weighted by Gasteiger charge is -2.13. The van der Waals surface area contributed by atoms with E-state index in [9.17, 15) is 4.79 Å². The molecular weight excluding hydrogens is 496 g/mol. The van der Waals surface area contributed by atoms with E-state index in [-0.39, 0.29) is 0 Å². The lowest BCUT2D eigenvalue weighted by molar-refractivity contribution is 0.156. The average Bonchev–Trinajstić information content (AvgIpc) is 3.72. The standard InChI is InChI=1S/C29H24N6O2S/c1-33(29(36)37)16-12-20-4-8-24(9-5-20)35-19-25(28-31-15-18-38-28)32-27(35)22-6-10-23(11-7-22)34-17-13-21-3-2-14-30-26(21)34/h2-11,13-15,17-19H,12,16H2,1H3,(H,36,37). The molecule has 0 aliphatic carbocycles. The molecule has 2 aromatic carbocycles. The van der Waals surface area contributed by atoms with Crippen molar-refractivity contribution in [2.75, 3.05) is 13.6 Å². The topological polar surface area (TPSA) is 89.1 Å². The maximum absolute atomic E-state index is 11.1. The maximum Gasteiger partial charge on any atom is 0.407 e. The van der Waals surface area contributed by atoms with E-state index in [4.69, 9.17) is 10.1 Å². The number of nitrogens with zero attached hydrogens (tertiary/aromatic N) is 6. The van der Waals surface area contributed by atoms with Gasteiger partial charge in [0.25, 0.3) is 0 Å². The van der Waals surface area contributed by atoms with Crippen LogP contribution in [0.1, 0.15) is 5.56 Å². The van der Waals surface area contributed by atoms with E-state index < -0.39 is 6.09 Å². The van der Waals surface area contributed by atoms with Gasteiger partial charge in [0.1, 0.15) is 22.2 Å². The van der Waals surface area contributed by atoms with Gasteiger partial charge in [-0.05, 0) is 66.6 Å². The van der Waals surface area contributed by atoms with Crippen molar-refractivity contribution in [3.8, 4) is 33.5 Å². The van der Waals surface area contributed by atoms with Crippen LogP contribution in [0.15, 0.2) is 96.9 Å². The number of thiazole rings is 1. The minimum Gasteiger partial charge on any atom is -0.465 e. The van der Waals surface area contributed by atoms with E-state index in [0.29, 0.717) is 13.0 Å². The number of fused-ring (bicyclic) bond motifs is 1. The number of pyridine rings is 1. The summed E-state index contributed by atoms with van der Waals surface area (Å²) in [6.45, 7) is 0.442. The Balaban J connectivity index is 1.34. The average molecular weight is 521 g/mol. The predicted octanol–water partition coefficient (Wildman–Crippen LogP) is 6.15. The fourth-order valence-electron chi connectivity index (χ4n) is 4.40. The summed E-state index contributed by atoms with van der Waals surface area (Å²) in [7, 11) is 1.58. The highest BCUT2D eigenvalue weighted by Crippen LogP contribution is 2.30. The lowest BCUT2D eigenvalue weighted by Crippen LogP contribution is -2.26. The van der Waals surface area contributed by atoms with Crippen LogP contribution in [0.3, 0.4) is 0 Å². The van der Waals surface area contributed by atoms with Crippen LogP contribution in [0, 0.1) is 0 Å². The van der Waals surface area contributed by atoms with Crippen molar-refractivity contribution in [2.24, 2.45) is 0 Å². The van der Waals surface area contributed by atoms with Crippen molar-refractivity contribution in [1.29, 1.82) is 0 Å². The Bertz CT molecular complexity index is 1700. The van der Waals surface area contributed by atoms with Gasteiger partial charge in [0, 0.05) is 66.1 Å². The number of carbonyl (C=O) groups is 1. The molecule has 0 bridgehead atoms. The SMILES string of the molecule is CN(CCc1ccc(-n2cc(-c3nccs3)nc2-c2ccc(-n3ccc4cccnc43)cc2)cc1)C(=O)O. The van der Waals surface area contributed by atoms with Crippen molar-refractivity contribution >= 4 is 28.5 Å². The highest BCUT2D eigenvalue weighted by molar-refractivity contribution is 7.13. The molecule has 0 spiro atoms. The van der Waals surface area contributed by atoms with Crippen LogP contribution in [0.25, 0.3) is 44.5 Å². The number of amides is 1. The molecule has 0 radical (unpaired) electrons. The zero-order valence-electron chi connectivity index (χ0n) is 20.6. The molecule has 0 aliphatic heterocycles. The molecule has 1 amide bonds. The van der Waals surface area contributed by atoms with E-state index in [1.165, 1.54) is 4.90 Å². The summed E-state index contributed by atoms with van der Waals surface area (Å²) in [5.41, 5.74) is 5.77. The molecule has 0 saturated carbocycles. The Hall–Kier alpha value is -4.76. The van der Waals surface area contributed by atoms with Crippen LogP contribution in [0.5, 0.6) is 0 Å². The van der Waals surface area contributed by atoms with Gasteiger partial charge in [-0.1, -0.05) is 12.1 Å². The molecule has 1 N–H and O–H groups in total. The second-order valence-corrected chi connectivity index (χ2v) is 9.82. The second-order valence-electron chi connectivity index (χ2n) is 8.93. The van der Waals surface area contributed by atoms with Gasteiger partial charge < -0.3 is 14.6 Å². The fraction of sp³-hybridized carbons (Fsp3) is 0.103. The van der Waals surface area contributed by atoms with Gasteiger partial charge in [-0.25, -0.2) is 19.7 Å². The molecule has 0 aliphatic rings. The minimum absolute atomic E-state index is 0.442. The summed E-state index contributed by atoms with van der Waals surface area (Å²) in [6, 6.07) is 22.5. The van der Waals surface area contributed by atoms with Crippen molar-refractivity contribution in [3.63, 3.8) is 0 Å². The van der Waals surface area contributed by atoms with Crippen LogP contribution >= 0.6 is 11.3 Å². The number of imidazole rings is 1. The minimum atomic E-state index is -0.924. The van der Waals surface area contributed by atoms with E-state index >= 15 is 0 Å². The molecule has 4 aromatic heterocycles. The van der Waals surface area contributed by atoms with Gasteiger partial charge in [-0.15, -0.1) is 11.3 Å². The molecule has 188 valence electrons. The van der Waals surface area contributed by atoms with Gasteiger partial charge in [0.15, 0.2) is 0 Å². The Morgan fingerprint density at radius 3 is 2.45 bits per heavy atom. The summed E-state index contributed by atoms with van der Waals surface area (Å²) in [6.07, 6.45) is 7.36. The third-order valence-corrected chi connectivity index (χ3v) is 7.28.